The molecule has 0 saturated carbocycles. The van der Waals surface area contributed by atoms with Crippen molar-refractivity contribution in [2.75, 3.05) is 0 Å². The van der Waals surface area contributed by atoms with E-state index in [2.05, 4.69) is 48.8 Å². The van der Waals surface area contributed by atoms with Gasteiger partial charge >= 0.3 is 6.18 Å². The highest BCUT2D eigenvalue weighted by molar-refractivity contribution is 6.74. The molecule has 0 bridgehead atoms. The molecule has 11 heteroatoms. The lowest BCUT2D eigenvalue weighted by molar-refractivity contribution is -0.138. The van der Waals surface area contributed by atoms with E-state index in [0.717, 1.165) is 0 Å². The van der Waals surface area contributed by atoms with Crippen molar-refractivity contribution in [1.29, 1.82) is 0 Å². The number of aromatic amines is 1. The van der Waals surface area contributed by atoms with Gasteiger partial charge in [-0.05, 0) is 55.4 Å². The fourth-order valence-corrected chi connectivity index (χ4v) is 5.14. The first-order valence-corrected chi connectivity index (χ1v) is 14.6. The van der Waals surface area contributed by atoms with Crippen molar-refractivity contribution in [3.05, 3.63) is 58.0 Å². The van der Waals surface area contributed by atoms with Crippen LogP contribution in [0.25, 0.3) is 22.2 Å². The third kappa shape index (κ3) is 5.84. The molecule has 6 nitrogen and oxygen atoms in total. The average molecular weight is 525 g/mol. The molecule has 36 heavy (non-hydrogen) atoms. The molecule has 0 amide bonds. The van der Waals surface area contributed by atoms with Crippen LogP contribution in [0.1, 0.15) is 45.2 Å². The molecule has 3 aromatic rings. The number of rotatable bonds is 7. The number of nitrogens with two attached hydrogens (primary N) is 1. The Kier molecular flexibility index (Phi) is 7.78. The van der Waals surface area contributed by atoms with Gasteiger partial charge in [0.1, 0.15) is 5.82 Å². The quantitative estimate of drug-likeness (QED) is 0.300. The number of hydrogen-bond acceptors (Lipinski definition) is 5. The van der Waals surface area contributed by atoms with E-state index >= 15 is 4.39 Å². The molecular formula is C25H32F4N4O2Si. The van der Waals surface area contributed by atoms with Crippen molar-refractivity contribution in [2.45, 2.75) is 77.0 Å². The predicted molar refractivity (Wildman–Crippen MR) is 135 cm³/mol. The molecule has 2 atom stereocenters. The van der Waals surface area contributed by atoms with Gasteiger partial charge in [0.2, 0.25) is 0 Å². The zero-order chi connectivity index (χ0) is 27.1. The smallest absolute Gasteiger partial charge is 0.412 e. The largest absolute Gasteiger partial charge is 0.419 e. The lowest BCUT2D eigenvalue weighted by Gasteiger charge is -2.40. The number of aromatic nitrogens is 3. The fourth-order valence-electron chi connectivity index (χ4n) is 3.70. The summed E-state index contributed by atoms with van der Waals surface area (Å²) >= 11 is 0. The number of aryl methyl sites for hydroxylation is 1. The molecule has 0 saturated heterocycles. The van der Waals surface area contributed by atoms with Crippen LogP contribution in [0.15, 0.2) is 35.5 Å². The second-order valence-corrected chi connectivity index (χ2v) is 15.4. The van der Waals surface area contributed by atoms with Crippen LogP contribution in [-0.2, 0) is 17.0 Å². The average Bonchev–Trinajstić information content (AvgIpc) is 2.76. The molecule has 3 rings (SSSR count). The molecule has 196 valence electrons. The Balaban J connectivity index is 2.06. The van der Waals surface area contributed by atoms with E-state index in [4.69, 9.17) is 10.2 Å². The monoisotopic (exact) mass is 524 g/mol. The predicted octanol–water partition coefficient (Wildman–Crippen LogP) is 5.81. The van der Waals surface area contributed by atoms with Crippen LogP contribution in [0.3, 0.4) is 0 Å². The zero-order valence-corrected chi connectivity index (χ0v) is 22.3. The van der Waals surface area contributed by atoms with E-state index in [0.29, 0.717) is 24.2 Å². The summed E-state index contributed by atoms with van der Waals surface area (Å²) in [6.07, 6.45) is -1.86. The van der Waals surface area contributed by atoms with Crippen LogP contribution in [0.5, 0.6) is 0 Å². The second-order valence-electron chi connectivity index (χ2n) is 10.6. The summed E-state index contributed by atoms with van der Waals surface area (Å²) in [5.41, 5.74) is 4.76. The minimum absolute atomic E-state index is 0.0604. The van der Waals surface area contributed by atoms with Gasteiger partial charge in [-0.15, -0.1) is 0 Å². The van der Waals surface area contributed by atoms with Gasteiger partial charge in [0, 0.05) is 30.2 Å². The van der Waals surface area contributed by atoms with Crippen molar-refractivity contribution in [2.24, 2.45) is 5.73 Å². The Morgan fingerprint density at radius 3 is 2.31 bits per heavy atom. The number of nitrogens with zero attached hydrogens (tertiary/aromatic N) is 2. The number of fused-ring (bicyclic) bond motifs is 1. The van der Waals surface area contributed by atoms with Gasteiger partial charge in [-0.1, -0.05) is 20.8 Å². The highest BCUT2D eigenvalue weighted by Gasteiger charge is 2.40. The molecule has 0 radical (unpaired) electrons. The van der Waals surface area contributed by atoms with E-state index in [1.807, 2.05) is 6.92 Å². The Morgan fingerprint density at radius 1 is 1.17 bits per heavy atom. The molecular weight excluding hydrogens is 492 g/mol. The number of pyridine rings is 1. The Hall–Kier alpha value is -2.63. The molecule has 2 heterocycles. The zero-order valence-electron chi connectivity index (χ0n) is 21.3. The van der Waals surface area contributed by atoms with E-state index in [-0.39, 0.29) is 45.9 Å². The normalized spacial score (nSPS) is 14.8. The lowest BCUT2D eigenvalue weighted by Crippen LogP contribution is -2.48. The number of nitrogens with one attached hydrogen (secondary N) is 1. The SMILES string of the molecule is C[C@H](N)[C@H](CCc1c(F)c(-c2ncc(C(F)(F)F)cn2)cc2cc[nH]c(=O)c12)O[Si](C)(C)C(C)(C)C. The maximum Gasteiger partial charge on any atom is 0.419 e. The summed E-state index contributed by atoms with van der Waals surface area (Å²) in [7, 11) is -2.19. The van der Waals surface area contributed by atoms with Gasteiger partial charge in [-0.3, -0.25) is 4.79 Å². The number of benzene rings is 1. The minimum atomic E-state index is -4.61. The van der Waals surface area contributed by atoms with Crippen LogP contribution in [0.4, 0.5) is 17.6 Å². The summed E-state index contributed by atoms with van der Waals surface area (Å²) in [4.78, 5) is 22.7. The third-order valence-corrected chi connectivity index (χ3v) is 11.3. The number of halogens is 4. The summed E-state index contributed by atoms with van der Waals surface area (Å²) in [5, 5.41) is 0.535. The minimum Gasteiger partial charge on any atom is -0.412 e. The Bertz CT molecular complexity index is 1280. The highest BCUT2D eigenvalue weighted by atomic mass is 28.4. The Morgan fingerprint density at radius 2 is 1.78 bits per heavy atom. The molecule has 0 unspecified atom stereocenters. The van der Waals surface area contributed by atoms with Crippen molar-refractivity contribution < 1.29 is 22.0 Å². The van der Waals surface area contributed by atoms with Crippen molar-refractivity contribution in [1.82, 2.24) is 15.0 Å². The number of hydrogen-bond donors (Lipinski definition) is 2. The summed E-state index contributed by atoms with van der Waals surface area (Å²) in [6, 6.07) is 2.64. The van der Waals surface area contributed by atoms with Gasteiger partial charge in [0.05, 0.1) is 22.6 Å². The summed E-state index contributed by atoms with van der Waals surface area (Å²) in [5.74, 6) is -0.958. The van der Waals surface area contributed by atoms with Gasteiger partial charge in [-0.25, -0.2) is 14.4 Å². The first-order chi connectivity index (χ1) is 16.5. The van der Waals surface area contributed by atoms with Crippen LogP contribution < -0.4 is 11.3 Å². The molecule has 0 aliphatic rings. The molecule has 0 spiro atoms. The van der Waals surface area contributed by atoms with Gasteiger partial charge in [0.15, 0.2) is 14.1 Å². The van der Waals surface area contributed by atoms with Crippen molar-refractivity contribution in [3.63, 3.8) is 0 Å². The second kappa shape index (κ2) is 10.0. The number of H-pyrrole nitrogens is 1. The van der Waals surface area contributed by atoms with E-state index in [1.54, 1.807) is 6.07 Å². The maximum absolute atomic E-state index is 15.9. The summed E-state index contributed by atoms with van der Waals surface area (Å²) in [6.45, 7) is 12.4. The molecule has 2 aromatic heterocycles. The molecule has 0 aliphatic carbocycles. The standard InChI is InChI=1S/C25H32F4N4O2Si/c1-14(30)19(35-36(5,6)24(2,3)4)8-7-17-20-15(9-10-31-23(20)34)11-18(21(17)26)22-32-12-16(13-33-22)25(27,28)29/h9-14,19H,7-8,30H2,1-6H3,(H,31,34)/t14-,19-/m0/s1. The van der Waals surface area contributed by atoms with Crippen LogP contribution in [0.2, 0.25) is 18.1 Å². The fraction of sp³-hybridized carbons (Fsp3) is 0.480. The maximum atomic E-state index is 15.9. The third-order valence-electron chi connectivity index (χ3n) is 6.83. The highest BCUT2D eigenvalue weighted by Crippen LogP contribution is 2.38. The first-order valence-electron chi connectivity index (χ1n) is 11.7. The topological polar surface area (TPSA) is 93.9 Å². The lowest BCUT2D eigenvalue weighted by atomic mass is 9.95. The number of alkyl halides is 3. The van der Waals surface area contributed by atoms with Crippen LogP contribution in [0, 0.1) is 5.82 Å². The van der Waals surface area contributed by atoms with Gasteiger partial charge < -0.3 is 15.1 Å². The summed E-state index contributed by atoms with van der Waals surface area (Å²) < 4.78 is 61.2. The van der Waals surface area contributed by atoms with E-state index < -0.39 is 31.4 Å². The van der Waals surface area contributed by atoms with E-state index in [1.165, 1.54) is 12.3 Å². The van der Waals surface area contributed by atoms with Gasteiger partial charge in [-0.2, -0.15) is 13.2 Å². The van der Waals surface area contributed by atoms with Crippen LogP contribution in [-0.4, -0.2) is 35.4 Å². The van der Waals surface area contributed by atoms with Crippen molar-refractivity contribution >= 4 is 19.1 Å². The van der Waals surface area contributed by atoms with E-state index in [9.17, 15) is 18.0 Å². The van der Waals surface area contributed by atoms with Crippen molar-refractivity contribution in [3.8, 4) is 11.4 Å². The molecule has 1 aromatic carbocycles. The van der Waals surface area contributed by atoms with Crippen LogP contribution >= 0.6 is 0 Å². The molecule has 3 N–H and O–H groups in total. The molecule has 0 aliphatic heterocycles. The first kappa shape index (κ1) is 27.9. The molecule has 0 fully saturated rings. The Labute approximate surface area is 208 Å². The van der Waals surface area contributed by atoms with Gasteiger partial charge in [0.25, 0.3) is 5.56 Å².